The Morgan fingerprint density at radius 1 is 0.938 bits per heavy atom. The van der Waals surface area contributed by atoms with E-state index < -0.39 is 0 Å². The lowest BCUT2D eigenvalue weighted by molar-refractivity contribution is 0.639. The molecule has 0 aliphatic carbocycles. The predicted octanol–water partition coefficient (Wildman–Crippen LogP) is 4.58. The number of hydrogen-bond acceptors (Lipinski definition) is 1. The molecule has 1 nitrogen and oxygen atoms in total. The molecular weight excluding hydrogens is 196 g/mol. The molecule has 0 saturated heterocycles. The van der Waals surface area contributed by atoms with Gasteiger partial charge in [0.25, 0.3) is 0 Å². The first-order valence-corrected chi connectivity index (χ1v) is 5.67. The average Bonchev–Trinajstić information content (AvgIpc) is 3.07. The van der Waals surface area contributed by atoms with Crippen molar-refractivity contribution in [1.82, 2.24) is 0 Å². The first kappa shape index (κ1) is 9.46. The van der Waals surface area contributed by atoms with Gasteiger partial charge in [-0.2, -0.15) is 0 Å². The Labute approximate surface area is 95.7 Å². The van der Waals surface area contributed by atoms with E-state index in [2.05, 4.69) is 50.2 Å². The summed E-state index contributed by atoms with van der Waals surface area (Å²) >= 11 is 0. The molecule has 2 aromatic rings. The van der Waals surface area contributed by atoms with Crippen LogP contribution in [0.2, 0.25) is 0 Å². The Bertz CT molecular complexity index is 527. The topological polar surface area (TPSA) is 12.5 Å². The van der Waals surface area contributed by atoms with Gasteiger partial charge in [-0.25, -0.2) is 0 Å². The van der Waals surface area contributed by atoms with Crippen LogP contribution in [0.4, 0.5) is 0 Å². The molecule has 0 N–H and O–H groups in total. The Kier molecular flexibility index (Phi) is 2.00. The largest absolute Gasteiger partial charge is 0.449 e. The molecule has 0 atom stereocenters. The molecule has 0 saturated carbocycles. The molecule has 0 unspecified atom stereocenters. The van der Waals surface area contributed by atoms with Crippen molar-refractivity contribution in [3.63, 3.8) is 0 Å². The van der Waals surface area contributed by atoms with E-state index in [0.29, 0.717) is 5.92 Å². The van der Waals surface area contributed by atoms with Gasteiger partial charge in [-0.1, -0.05) is 50.2 Å². The third kappa shape index (κ3) is 1.40. The highest BCUT2D eigenvalue weighted by Crippen LogP contribution is 2.53. The van der Waals surface area contributed by atoms with E-state index in [1.807, 2.05) is 6.07 Å². The lowest BCUT2D eigenvalue weighted by Gasteiger charge is -2.10. The first-order chi connectivity index (χ1) is 7.77. The monoisotopic (exact) mass is 210 g/mol. The zero-order valence-electron chi connectivity index (χ0n) is 9.53. The maximum absolute atomic E-state index is 5.49. The van der Waals surface area contributed by atoms with E-state index in [9.17, 15) is 0 Å². The van der Waals surface area contributed by atoms with Crippen LogP contribution in [0.15, 0.2) is 42.5 Å². The van der Waals surface area contributed by atoms with Crippen LogP contribution in [0.3, 0.4) is 0 Å². The molecule has 0 radical (unpaired) electrons. The van der Waals surface area contributed by atoms with Gasteiger partial charge in [-0.05, 0) is 23.1 Å². The van der Waals surface area contributed by atoms with E-state index >= 15 is 0 Å². The average molecular weight is 210 g/mol. The van der Waals surface area contributed by atoms with E-state index in [-0.39, 0.29) is 0 Å². The SMILES string of the molecule is CC(C)c1c(-c2ccccc2)ccc2c1O2. The molecular formula is C15H14O. The van der Waals surface area contributed by atoms with Crippen LogP contribution < -0.4 is 4.74 Å². The quantitative estimate of drug-likeness (QED) is 0.564. The molecule has 3 rings (SSSR count). The van der Waals surface area contributed by atoms with Crippen LogP contribution in [0.5, 0.6) is 11.5 Å². The van der Waals surface area contributed by atoms with Crippen molar-refractivity contribution in [2.24, 2.45) is 0 Å². The highest BCUT2D eigenvalue weighted by atomic mass is 16.6. The maximum atomic E-state index is 5.49. The van der Waals surface area contributed by atoms with Crippen molar-refractivity contribution in [3.05, 3.63) is 48.0 Å². The number of hydrogen-bond donors (Lipinski definition) is 0. The molecule has 1 aliphatic heterocycles. The van der Waals surface area contributed by atoms with Gasteiger partial charge >= 0.3 is 0 Å². The minimum absolute atomic E-state index is 0.493. The smallest absolute Gasteiger partial charge is 0.174 e. The molecule has 1 heterocycles. The minimum atomic E-state index is 0.493. The van der Waals surface area contributed by atoms with Crippen LogP contribution in [0, 0.1) is 0 Å². The van der Waals surface area contributed by atoms with Crippen LogP contribution >= 0.6 is 0 Å². The van der Waals surface area contributed by atoms with Gasteiger partial charge in [0.1, 0.15) is 0 Å². The summed E-state index contributed by atoms with van der Waals surface area (Å²) in [6.07, 6.45) is 0. The second-order valence-electron chi connectivity index (χ2n) is 4.48. The van der Waals surface area contributed by atoms with E-state index in [1.54, 1.807) is 0 Å². The van der Waals surface area contributed by atoms with Crippen molar-refractivity contribution >= 4 is 0 Å². The van der Waals surface area contributed by atoms with Gasteiger partial charge in [-0.15, -0.1) is 0 Å². The summed E-state index contributed by atoms with van der Waals surface area (Å²) in [7, 11) is 0. The van der Waals surface area contributed by atoms with Crippen LogP contribution in [0.1, 0.15) is 25.3 Å². The van der Waals surface area contributed by atoms with Crippen molar-refractivity contribution in [1.29, 1.82) is 0 Å². The maximum Gasteiger partial charge on any atom is 0.174 e. The van der Waals surface area contributed by atoms with Crippen LogP contribution in [-0.2, 0) is 0 Å². The fourth-order valence-electron chi connectivity index (χ4n) is 2.20. The first-order valence-electron chi connectivity index (χ1n) is 5.67. The number of rotatable bonds is 2. The van der Waals surface area contributed by atoms with Gasteiger partial charge in [-0.3, -0.25) is 0 Å². The van der Waals surface area contributed by atoms with Crippen molar-refractivity contribution < 1.29 is 4.74 Å². The summed E-state index contributed by atoms with van der Waals surface area (Å²) in [6, 6.07) is 14.7. The standard InChI is InChI=1S/C15H14O/c1-10(2)14-12(8-9-13-15(14)16-13)11-6-4-3-5-7-11/h3-10H,1-2H3. The highest BCUT2D eigenvalue weighted by Gasteiger charge is 2.28. The lowest BCUT2D eigenvalue weighted by atomic mass is 9.93. The molecule has 2 aromatic carbocycles. The molecule has 1 aliphatic rings. The Balaban J connectivity index is 2.19. The fraction of sp³-hybridized carbons (Fsp3) is 0.200. The third-order valence-electron chi connectivity index (χ3n) is 2.99. The Morgan fingerprint density at radius 2 is 1.69 bits per heavy atom. The molecule has 1 heteroatoms. The summed E-state index contributed by atoms with van der Waals surface area (Å²) in [5.74, 6) is 2.63. The Hall–Kier alpha value is -1.76. The summed E-state index contributed by atoms with van der Waals surface area (Å²) in [5, 5.41) is 0. The fourth-order valence-corrected chi connectivity index (χ4v) is 2.20. The molecule has 0 bridgehead atoms. The van der Waals surface area contributed by atoms with Gasteiger partial charge in [0.2, 0.25) is 0 Å². The second-order valence-corrected chi connectivity index (χ2v) is 4.48. The summed E-state index contributed by atoms with van der Waals surface area (Å²) in [4.78, 5) is 0. The van der Waals surface area contributed by atoms with Gasteiger partial charge in [0, 0.05) is 5.56 Å². The molecule has 80 valence electrons. The lowest BCUT2D eigenvalue weighted by Crippen LogP contribution is -1.89. The number of ether oxygens (including phenoxy) is 1. The number of fused-ring (bicyclic) bond motifs is 1. The predicted molar refractivity (Wildman–Crippen MR) is 66.0 cm³/mol. The summed E-state index contributed by atoms with van der Waals surface area (Å²) in [5.41, 5.74) is 3.90. The zero-order valence-corrected chi connectivity index (χ0v) is 9.53. The van der Waals surface area contributed by atoms with E-state index in [0.717, 1.165) is 11.5 Å². The highest BCUT2D eigenvalue weighted by molar-refractivity contribution is 5.77. The van der Waals surface area contributed by atoms with Crippen molar-refractivity contribution in [2.75, 3.05) is 0 Å². The number of benzene rings is 2. The van der Waals surface area contributed by atoms with Gasteiger partial charge in [0.15, 0.2) is 11.5 Å². The molecule has 0 amide bonds. The molecule has 0 aromatic heterocycles. The van der Waals surface area contributed by atoms with E-state index in [1.165, 1.54) is 16.7 Å². The second kappa shape index (κ2) is 3.38. The minimum Gasteiger partial charge on any atom is -0.449 e. The molecule has 0 fully saturated rings. The molecule has 0 spiro atoms. The van der Waals surface area contributed by atoms with E-state index in [4.69, 9.17) is 4.74 Å². The zero-order chi connectivity index (χ0) is 11.1. The summed E-state index contributed by atoms with van der Waals surface area (Å²) in [6.45, 7) is 4.42. The normalized spacial score (nSPS) is 12.2. The molecule has 16 heavy (non-hydrogen) atoms. The third-order valence-corrected chi connectivity index (χ3v) is 2.99. The van der Waals surface area contributed by atoms with Gasteiger partial charge in [0.05, 0.1) is 0 Å². The van der Waals surface area contributed by atoms with Crippen LogP contribution in [0.25, 0.3) is 11.1 Å². The van der Waals surface area contributed by atoms with Gasteiger partial charge < -0.3 is 4.74 Å². The Morgan fingerprint density at radius 3 is 2.38 bits per heavy atom. The summed E-state index contributed by atoms with van der Waals surface area (Å²) < 4.78 is 5.49. The van der Waals surface area contributed by atoms with Crippen molar-refractivity contribution in [2.45, 2.75) is 19.8 Å². The van der Waals surface area contributed by atoms with Crippen LogP contribution in [-0.4, -0.2) is 0 Å². The van der Waals surface area contributed by atoms with Crippen molar-refractivity contribution in [3.8, 4) is 22.6 Å².